The van der Waals surface area contributed by atoms with Crippen LogP contribution >= 0.6 is 23.2 Å². The van der Waals surface area contributed by atoms with Crippen molar-refractivity contribution in [2.24, 2.45) is 4.99 Å². The van der Waals surface area contributed by atoms with Crippen molar-refractivity contribution >= 4 is 71.6 Å². The van der Waals surface area contributed by atoms with Gasteiger partial charge in [-0.05, 0) is 49.9 Å². The van der Waals surface area contributed by atoms with E-state index in [2.05, 4.69) is 20.6 Å². The maximum Gasteiger partial charge on any atom is 0.300 e. The van der Waals surface area contributed by atoms with Gasteiger partial charge in [0.15, 0.2) is 32.6 Å². The van der Waals surface area contributed by atoms with Crippen molar-refractivity contribution in [2.45, 2.75) is 35.5 Å². The number of aliphatic hydroxyl groups is 4. The Balaban J connectivity index is 1.53. The number of hydrogen-bond donors (Lipinski definition) is 8. The van der Waals surface area contributed by atoms with Crippen molar-refractivity contribution in [3.05, 3.63) is 39.7 Å². The van der Waals surface area contributed by atoms with Gasteiger partial charge in [0.05, 0.1) is 23.3 Å². The fourth-order valence-electron chi connectivity index (χ4n) is 6.26. The highest BCUT2D eigenvalue weighted by atomic mass is 35.5. The van der Waals surface area contributed by atoms with Crippen molar-refractivity contribution in [2.75, 3.05) is 89.4 Å². The molecule has 0 saturated heterocycles. The van der Waals surface area contributed by atoms with Crippen LogP contribution in [0.15, 0.2) is 43.5 Å². The fraction of sp³-hybridized carbons (Fsp3) is 0.471. The first kappa shape index (κ1) is 43.7. The van der Waals surface area contributed by atoms with Crippen LogP contribution in [0.3, 0.4) is 0 Å². The lowest BCUT2D eigenvalue weighted by Crippen LogP contribution is -2.32. The minimum absolute atomic E-state index is 0.00655. The van der Waals surface area contributed by atoms with Gasteiger partial charge in [-0.3, -0.25) is 14.1 Å². The lowest BCUT2D eigenvalue weighted by Gasteiger charge is -2.27. The van der Waals surface area contributed by atoms with E-state index in [9.17, 15) is 46.4 Å². The first-order chi connectivity index (χ1) is 26.7. The number of hydrogen-bond acceptors (Lipinski definition) is 16. The number of benzene rings is 3. The van der Waals surface area contributed by atoms with Crippen LogP contribution in [0.5, 0.6) is 11.5 Å². The number of aliphatic hydroxyl groups excluding tert-OH is 4. The molecule has 2 aliphatic heterocycles. The number of rotatable bonds is 21. The Morgan fingerprint density at radius 1 is 0.750 bits per heavy atom. The van der Waals surface area contributed by atoms with Gasteiger partial charge in [-0.15, -0.1) is 0 Å². The van der Waals surface area contributed by atoms with E-state index in [-0.39, 0.29) is 106 Å². The van der Waals surface area contributed by atoms with E-state index in [4.69, 9.17) is 32.4 Å². The van der Waals surface area contributed by atoms with E-state index in [1.807, 2.05) is 9.80 Å². The zero-order valence-corrected chi connectivity index (χ0v) is 33.3. The summed E-state index contributed by atoms with van der Waals surface area (Å²) in [6.07, 6.45) is 2.00. The molecular weight excluding hydrogens is 819 g/mol. The average Bonchev–Trinajstić information content (AvgIpc) is 3.16. The van der Waals surface area contributed by atoms with Gasteiger partial charge in [0, 0.05) is 72.2 Å². The molecule has 0 fully saturated rings. The molecule has 18 nitrogen and oxygen atoms in total. The molecule has 3 aliphatic rings. The van der Waals surface area contributed by atoms with Crippen molar-refractivity contribution in [1.29, 1.82) is 0 Å². The maximum absolute atomic E-state index is 12.8. The molecule has 0 atom stereocenters. The SMILES string of the molecule is O=S(=O)(O)c1c(NCCN(CCCO)CCCO)ccc2c1Oc1c(c(Cl)c3oc4c(S(=O)(=O)O)c(=NCCN(CCCO)CCCO)ccc-4nc3c1Cl)N2. The average molecular weight is 864 g/mol. The van der Waals surface area contributed by atoms with E-state index < -0.39 is 30.0 Å². The summed E-state index contributed by atoms with van der Waals surface area (Å²) in [4.78, 5) is 11.6. The first-order valence-corrected chi connectivity index (χ1v) is 21.3. The van der Waals surface area contributed by atoms with Gasteiger partial charge >= 0.3 is 10.1 Å². The number of fused-ring (bicyclic) bond motifs is 4. The van der Waals surface area contributed by atoms with Gasteiger partial charge in [-0.25, -0.2) is 4.98 Å². The summed E-state index contributed by atoms with van der Waals surface area (Å²) < 4.78 is 84.0. The molecule has 0 radical (unpaired) electrons. The predicted molar refractivity (Wildman–Crippen MR) is 209 cm³/mol. The zero-order valence-electron chi connectivity index (χ0n) is 30.1. The molecule has 0 aromatic heterocycles. The lowest BCUT2D eigenvalue weighted by atomic mass is 10.1. The summed E-state index contributed by atoms with van der Waals surface area (Å²) in [7, 11) is -9.89. The van der Waals surface area contributed by atoms with E-state index in [1.54, 1.807) is 0 Å². The Morgan fingerprint density at radius 2 is 1.34 bits per heavy atom. The molecule has 0 spiro atoms. The summed E-state index contributed by atoms with van der Waals surface area (Å²) in [5.41, 5.74) is -0.270. The van der Waals surface area contributed by atoms with Crippen LogP contribution < -0.4 is 20.7 Å². The van der Waals surface area contributed by atoms with Gasteiger partial charge in [0.2, 0.25) is 0 Å². The van der Waals surface area contributed by atoms with Crippen LogP contribution in [0.1, 0.15) is 25.7 Å². The molecular formula is C34H44Cl2N6O12S2. The quantitative estimate of drug-likeness (QED) is 0.0389. The van der Waals surface area contributed by atoms with Gasteiger partial charge < -0.3 is 50.0 Å². The molecule has 8 N–H and O–H groups in total. The van der Waals surface area contributed by atoms with Crippen LogP contribution in [-0.4, -0.2) is 140 Å². The molecule has 1 aliphatic carbocycles. The molecule has 0 amide bonds. The highest BCUT2D eigenvalue weighted by Crippen LogP contribution is 2.55. The number of nitrogens with one attached hydrogen (secondary N) is 2. The molecule has 2 aromatic carbocycles. The van der Waals surface area contributed by atoms with Gasteiger partial charge in [-0.1, -0.05) is 23.2 Å². The summed E-state index contributed by atoms with van der Waals surface area (Å²) in [5, 5.41) is 42.4. The molecule has 56 heavy (non-hydrogen) atoms. The Morgan fingerprint density at radius 3 is 1.91 bits per heavy atom. The second kappa shape index (κ2) is 19.4. The third-order valence-corrected chi connectivity index (χ3v) is 11.4. The third kappa shape index (κ3) is 10.2. The van der Waals surface area contributed by atoms with E-state index in [0.29, 0.717) is 65.0 Å². The topological polar surface area (TPSA) is 268 Å². The van der Waals surface area contributed by atoms with Crippen LogP contribution in [0, 0.1) is 0 Å². The maximum atomic E-state index is 12.8. The summed E-state index contributed by atoms with van der Waals surface area (Å²) in [6.45, 7) is 3.18. The van der Waals surface area contributed by atoms with Crippen LogP contribution in [0.25, 0.3) is 22.6 Å². The molecule has 0 unspecified atom stereocenters. The smallest absolute Gasteiger partial charge is 0.300 e. The van der Waals surface area contributed by atoms with Crippen LogP contribution in [0.4, 0.5) is 17.1 Å². The molecule has 2 aromatic rings. The monoisotopic (exact) mass is 862 g/mol. The number of halogens is 2. The van der Waals surface area contributed by atoms with Gasteiger partial charge in [-0.2, -0.15) is 16.8 Å². The number of anilines is 3. The van der Waals surface area contributed by atoms with Crippen molar-refractivity contribution in [1.82, 2.24) is 14.8 Å². The largest absolute Gasteiger partial charge is 0.450 e. The fourth-order valence-corrected chi connectivity index (χ4v) is 8.37. The molecule has 22 heteroatoms. The van der Waals surface area contributed by atoms with Crippen molar-refractivity contribution in [3.63, 3.8) is 0 Å². The van der Waals surface area contributed by atoms with Crippen LogP contribution in [0.2, 0.25) is 10.0 Å². The van der Waals surface area contributed by atoms with Crippen molar-refractivity contribution in [3.8, 4) is 23.0 Å². The highest BCUT2D eigenvalue weighted by Gasteiger charge is 2.34. The summed E-state index contributed by atoms with van der Waals surface area (Å²) >= 11 is 13.6. The number of ether oxygens (including phenoxy) is 1. The molecule has 0 bridgehead atoms. The Hall–Kier alpha value is -3.38. The number of nitrogens with zero attached hydrogens (tertiary/aromatic N) is 4. The minimum atomic E-state index is -4.96. The zero-order chi connectivity index (χ0) is 40.6. The summed E-state index contributed by atoms with van der Waals surface area (Å²) in [6, 6.07) is 5.63. The Bertz CT molecular complexity index is 2260. The van der Waals surface area contributed by atoms with E-state index in [1.165, 1.54) is 24.3 Å². The Labute approximate surface area is 333 Å². The standard InChI is InChI=1S/C34H44Cl2N6O12S2/c35-25-28-32(54-30-22(40-28)6-8-24(34(30)56(50,51)52)38-10-16-42(13-3-19-45)14-4-20-46)26(36)27-31(25)53-29-21(39-27)5-7-23(33(29)55(47,48)49)37-9-15-41(11-1-17-43)12-2-18-44/h5-8,37,39,43-46H,1-4,9-20H2,(H,47,48,49)(H,50,51,52). The second-order valence-electron chi connectivity index (χ2n) is 12.8. The first-order valence-electron chi connectivity index (χ1n) is 17.7. The Kier molecular flexibility index (Phi) is 15.1. The molecule has 0 saturated carbocycles. The summed E-state index contributed by atoms with van der Waals surface area (Å²) in [5.74, 6) is -0.846. The van der Waals surface area contributed by atoms with Crippen molar-refractivity contribution < 1.29 is 55.5 Å². The second-order valence-corrected chi connectivity index (χ2v) is 16.3. The highest BCUT2D eigenvalue weighted by molar-refractivity contribution is 7.86. The normalized spacial score (nSPS) is 13.4. The van der Waals surface area contributed by atoms with E-state index >= 15 is 0 Å². The van der Waals surface area contributed by atoms with Crippen LogP contribution in [-0.2, 0) is 20.2 Å². The third-order valence-electron chi connectivity index (χ3n) is 8.84. The molecule has 5 rings (SSSR count). The molecule has 308 valence electrons. The van der Waals surface area contributed by atoms with E-state index in [0.717, 1.165) is 0 Å². The number of aromatic nitrogens is 1. The lowest BCUT2D eigenvalue weighted by molar-refractivity contribution is 0.204. The predicted octanol–water partition coefficient (Wildman–Crippen LogP) is 3.03. The molecule has 2 heterocycles. The minimum Gasteiger partial charge on any atom is -0.450 e. The van der Waals surface area contributed by atoms with Gasteiger partial charge in [0.25, 0.3) is 10.1 Å². The van der Waals surface area contributed by atoms with Gasteiger partial charge in [0.1, 0.15) is 26.9 Å².